The van der Waals surface area contributed by atoms with Crippen molar-refractivity contribution in [3.63, 3.8) is 0 Å². The van der Waals surface area contributed by atoms with E-state index in [-0.39, 0.29) is 11.8 Å². The number of nitrogens with one attached hydrogen (secondary N) is 1. The molecule has 2 aromatic rings. The smallest absolute Gasteiger partial charge is 0.228 e. The predicted octanol–water partition coefficient (Wildman–Crippen LogP) is 4.56. The van der Waals surface area contributed by atoms with E-state index in [2.05, 4.69) is 26.2 Å². The lowest BCUT2D eigenvalue weighted by molar-refractivity contribution is -0.119. The molecule has 3 nitrogen and oxygen atoms in total. The molecule has 19 heavy (non-hydrogen) atoms. The molecule has 1 N–H and O–H groups in total. The fraction of sp³-hybridized carbons (Fsp3) is 0.286. The Kier molecular flexibility index (Phi) is 4.71. The highest BCUT2D eigenvalue weighted by Crippen LogP contribution is 2.27. The summed E-state index contributed by atoms with van der Waals surface area (Å²) in [6, 6.07) is 7.95. The zero-order valence-electron chi connectivity index (χ0n) is 10.8. The normalized spacial score (nSPS) is 12.2. The lowest BCUT2D eigenvalue weighted by Gasteiger charge is -2.06. The number of aromatic nitrogens is 1. The predicted molar refractivity (Wildman–Crippen MR) is 83.3 cm³/mol. The molecule has 1 unspecified atom stereocenters. The number of thiazole rings is 1. The first-order valence-electron chi connectivity index (χ1n) is 6.12. The molecule has 0 spiro atoms. The second-order valence-electron chi connectivity index (χ2n) is 4.35. The number of nitrogens with zero attached hydrogens (tertiary/aromatic N) is 1. The van der Waals surface area contributed by atoms with Crippen LogP contribution >= 0.6 is 27.3 Å². The summed E-state index contributed by atoms with van der Waals surface area (Å²) in [6.45, 7) is 3.91. The molecule has 2 rings (SSSR count). The van der Waals surface area contributed by atoms with Crippen molar-refractivity contribution >= 4 is 38.3 Å². The molecule has 0 saturated carbocycles. The van der Waals surface area contributed by atoms with Gasteiger partial charge in [0.2, 0.25) is 5.91 Å². The molecule has 0 aliphatic carbocycles. The summed E-state index contributed by atoms with van der Waals surface area (Å²) >= 11 is 4.89. The third-order valence-corrected chi connectivity index (χ3v) is 4.17. The largest absolute Gasteiger partial charge is 0.302 e. The van der Waals surface area contributed by atoms with E-state index in [1.807, 2.05) is 43.5 Å². The van der Waals surface area contributed by atoms with E-state index in [4.69, 9.17) is 0 Å². The Morgan fingerprint density at radius 2 is 2.32 bits per heavy atom. The molecule has 1 aromatic heterocycles. The van der Waals surface area contributed by atoms with E-state index in [9.17, 15) is 4.79 Å². The SMILES string of the molecule is CCC(C)C(=O)Nc1nc(-c2cccc(Br)c2)cs1. The lowest BCUT2D eigenvalue weighted by atomic mass is 10.1. The third kappa shape index (κ3) is 3.64. The average molecular weight is 339 g/mol. The summed E-state index contributed by atoms with van der Waals surface area (Å²) in [5.41, 5.74) is 1.92. The van der Waals surface area contributed by atoms with Crippen molar-refractivity contribution in [2.24, 2.45) is 5.92 Å². The fourth-order valence-electron chi connectivity index (χ4n) is 1.53. The van der Waals surface area contributed by atoms with Crippen LogP contribution in [0.4, 0.5) is 5.13 Å². The van der Waals surface area contributed by atoms with Crippen molar-refractivity contribution in [2.45, 2.75) is 20.3 Å². The highest BCUT2D eigenvalue weighted by molar-refractivity contribution is 9.10. The van der Waals surface area contributed by atoms with E-state index in [1.165, 1.54) is 11.3 Å². The van der Waals surface area contributed by atoms with Gasteiger partial charge in [0.1, 0.15) is 0 Å². The topological polar surface area (TPSA) is 42.0 Å². The van der Waals surface area contributed by atoms with Crippen LogP contribution in [0.1, 0.15) is 20.3 Å². The van der Waals surface area contributed by atoms with Crippen LogP contribution < -0.4 is 5.32 Å². The van der Waals surface area contributed by atoms with Crippen molar-refractivity contribution in [1.82, 2.24) is 4.98 Å². The molecule has 1 heterocycles. The highest BCUT2D eigenvalue weighted by Gasteiger charge is 2.13. The van der Waals surface area contributed by atoms with E-state index >= 15 is 0 Å². The molecule has 0 aliphatic heterocycles. The first-order valence-corrected chi connectivity index (χ1v) is 7.79. The molecule has 5 heteroatoms. The maximum atomic E-state index is 11.8. The third-order valence-electron chi connectivity index (χ3n) is 2.91. The summed E-state index contributed by atoms with van der Waals surface area (Å²) in [6.07, 6.45) is 0.829. The van der Waals surface area contributed by atoms with Crippen LogP contribution in [0, 0.1) is 5.92 Å². The second kappa shape index (κ2) is 6.30. The minimum atomic E-state index is 0.0122. The first-order chi connectivity index (χ1) is 9.10. The van der Waals surface area contributed by atoms with E-state index in [0.29, 0.717) is 5.13 Å². The van der Waals surface area contributed by atoms with Gasteiger partial charge in [0, 0.05) is 21.3 Å². The molecular formula is C14H15BrN2OS. The quantitative estimate of drug-likeness (QED) is 0.887. The van der Waals surface area contributed by atoms with Crippen LogP contribution in [0.15, 0.2) is 34.1 Å². The average Bonchev–Trinajstić information content (AvgIpc) is 2.86. The first kappa shape index (κ1) is 14.2. The van der Waals surface area contributed by atoms with Crippen LogP contribution in [-0.2, 0) is 4.79 Å². The van der Waals surface area contributed by atoms with Gasteiger partial charge in [-0.25, -0.2) is 4.98 Å². The summed E-state index contributed by atoms with van der Waals surface area (Å²) in [5, 5.41) is 5.46. The Morgan fingerprint density at radius 3 is 3.00 bits per heavy atom. The van der Waals surface area contributed by atoms with Crippen molar-refractivity contribution in [2.75, 3.05) is 5.32 Å². The van der Waals surface area contributed by atoms with Crippen molar-refractivity contribution < 1.29 is 4.79 Å². The molecule has 1 aromatic carbocycles. The Hall–Kier alpha value is -1.20. The Bertz CT molecular complexity index is 582. The van der Waals surface area contributed by atoms with Gasteiger partial charge in [0.05, 0.1) is 5.69 Å². The van der Waals surface area contributed by atoms with Crippen LogP contribution in [0.25, 0.3) is 11.3 Å². The number of hydrogen-bond donors (Lipinski definition) is 1. The molecule has 1 amide bonds. The molecule has 1 atom stereocenters. The van der Waals surface area contributed by atoms with Gasteiger partial charge in [-0.3, -0.25) is 4.79 Å². The number of carbonyl (C=O) groups excluding carboxylic acids is 1. The number of benzene rings is 1. The number of anilines is 1. The summed E-state index contributed by atoms with van der Waals surface area (Å²) in [5.74, 6) is 0.0378. The standard InChI is InChI=1S/C14H15BrN2OS/c1-3-9(2)13(18)17-14-16-12(8-19-14)10-5-4-6-11(15)7-10/h4-9H,3H2,1-2H3,(H,16,17,18). The highest BCUT2D eigenvalue weighted by atomic mass is 79.9. The minimum Gasteiger partial charge on any atom is -0.302 e. The van der Waals surface area contributed by atoms with E-state index in [0.717, 1.165) is 22.2 Å². The van der Waals surface area contributed by atoms with Gasteiger partial charge in [0.25, 0.3) is 0 Å². The monoisotopic (exact) mass is 338 g/mol. The molecular weight excluding hydrogens is 324 g/mol. The lowest BCUT2D eigenvalue weighted by Crippen LogP contribution is -2.19. The number of amides is 1. The summed E-state index contributed by atoms with van der Waals surface area (Å²) in [7, 11) is 0. The van der Waals surface area contributed by atoms with Gasteiger partial charge in [-0.15, -0.1) is 11.3 Å². The molecule has 0 fully saturated rings. The van der Waals surface area contributed by atoms with Gasteiger partial charge in [0.15, 0.2) is 5.13 Å². The zero-order valence-corrected chi connectivity index (χ0v) is 13.2. The molecule has 100 valence electrons. The van der Waals surface area contributed by atoms with Crippen molar-refractivity contribution in [3.05, 3.63) is 34.1 Å². The fourth-order valence-corrected chi connectivity index (χ4v) is 2.65. The van der Waals surface area contributed by atoms with Crippen LogP contribution in [-0.4, -0.2) is 10.9 Å². The minimum absolute atomic E-state index is 0.0122. The number of rotatable bonds is 4. The van der Waals surface area contributed by atoms with Gasteiger partial charge in [-0.05, 0) is 18.6 Å². The van der Waals surface area contributed by atoms with Crippen LogP contribution in [0.2, 0.25) is 0 Å². The molecule has 0 radical (unpaired) electrons. The van der Waals surface area contributed by atoms with E-state index in [1.54, 1.807) is 0 Å². The maximum Gasteiger partial charge on any atom is 0.228 e. The van der Waals surface area contributed by atoms with Gasteiger partial charge >= 0.3 is 0 Å². The summed E-state index contributed by atoms with van der Waals surface area (Å²) < 4.78 is 1.02. The Balaban J connectivity index is 2.13. The Labute approximate surface area is 125 Å². The van der Waals surface area contributed by atoms with Crippen molar-refractivity contribution in [1.29, 1.82) is 0 Å². The maximum absolute atomic E-state index is 11.8. The molecule has 0 saturated heterocycles. The van der Waals surface area contributed by atoms with Crippen LogP contribution in [0.5, 0.6) is 0 Å². The summed E-state index contributed by atoms with van der Waals surface area (Å²) in [4.78, 5) is 16.2. The van der Waals surface area contributed by atoms with Crippen molar-refractivity contribution in [3.8, 4) is 11.3 Å². The van der Waals surface area contributed by atoms with Gasteiger partial charge < -0.3 is 5.32 Å². The van der Waals surface area contributed by atoms with E-state index < -0.39 is 0 Å². The van der Waals surface area contributed by atoms with Gasteiger partial charge in [-0.1, -0.05) is 41.9 Å². The molecule has 0 aliphatic rings. The Morgan fingerprint density at radius 1 is 1.53 bits per heavy atom. The number of carbonyl (C=O) groups is 1. The zero-order chi connectivity index (χ0) is 13.8. The van der Waals surface area contributed by atoms with Crippen LogP contribution in [0.3, 0.4) is 0 Å². The molecule has 0 bridgehead atoms. The number of hydrogen-bond acceptors (Lipinski definition) is 3. The second-order valence-corrected chi connectivity index (χ2v) is 6.12. The number of halogens is 1. The van der Waals surface area contributed by atoms with Gasteiger partial charge in [-0.2, -0.15) is 0 Å².